The number of nitrogens with one attached hydrogen (secondary N) is 1. The van der Waals surface area contributed by atoms with Gasteiger partial charge < -0.3 is 5.32 Å². The van der Waals surface area contributed by atoms with Crippen LogP contribution in [0.2, 0.25) is 0 Å². The summed E-state index contributed by atoms with van der Waals surface area (Å²) in [6.45, 7) is 3.10. The van der Waals surface area contributed by atoms with Crippen LogP contribution in [0.5, 0.6) is 0 Å². The van der Waals surface area contributed by atoms with Crippen molar-refractivity contribution in [2.24, 2.45) is 0 Å². The lowest BCUT2D eigenvalue weighted by atomic mass is 10.3. The lowest BCUT2D eigenvalue weighted by molar-refractivity contribution is -0.130. The van der Waals surface area contributed by atoms with Gasteiger partial charge in [0.05, 0.1) is 5.69 Å². The summed E-state index contributed by atoms with van der Waals surface area (Å²) < 4.78 is 32.4. The second kappa shape index (κ2) is 6.27. The zero-order valence-electron chi connectivity index (χ0n) is 9.02. The number of rotatable bonds is 1. The molecule has 0 atom stereocenters. The van der Waals surface area contributed by atoms with Crippen molar-refractivity contribution in [1.29, 1.82) is 0 Å². The maximum Gasteiger partial charge on any atom is 0.388 e. The third kappa shape index (κ3) is 7.78. The highest BCUT2D eigenvalue weighted by atomic mass is 19.4. The van der Waals surface area contributed by atoms with Crippen LogP contribution in [0.25, 0.3) is 0 Å². The van der Waals surface area contributed by atoms with E-state index in [0.717, 1.165) is 12.6 Å². The van der Waals surface area contributed by atoms with Crippen LogP contribution in [0.15, 0.2) is 18.5 Å². The Kier molecular flexibility index (Phi) is 5.74. The molecule has 0 unspecified atom stereocenters. The van der Waals surface area contributed by atoms with Crippen LogP contribution in [0.4, 0.5) is 18.9 Å². The van der Waals surface area contributed by atoms with E-state index in [1.54, 1.807) is 6.20 Å². The van der Waals surface area contributed by atoms with Crippen molar-refractivity contribution in [2.75, 3.05) is 12.4 Å². The molecule has 0 amide bonds. The molecular weight excluding hydrogens is 205 g/mol. The van der Waals surface area contributed by atoms with E-state index >= 15 is 0 Å². The zero-order chi connectivity index (χ0) is 11.9. The van der Waals surface area contributed by atoms with Gasteiger partial charge in [0.2, 0.25) is 0 Å². The van der Waals surface area contributed by atoms with E-state index in [-0.39, 0.29) is 0 Å². The van der Waals surface area contributed by atoms with Crippen molar-refractivity contribution < 1.29 is 13.2 Å². The van der Waals surface area contributed by atoms with Gasteiger partial charge >= 0.3 is 6.18 Å². The molecule has 86 valence electrons. The lowest BCUT2D eigenvalue weighted by Gasteiger charge is -1.97. The molecule has 0 radical (unpaired) electrons. The molecular formula is C10H15F3N2. The molecule has 2 nitrogen and oxygen atoms in total. The van der Waals surface area contributed by atoms with Crippen molar-refractivity contribution in [3.05, 3.63) is 24.0 Å². The molecule has 15 heavy (non-hydrogen) atoms. The van der Waals surface area contributed by atoms with E-state index in [1.807, 2.05) is 26.2 Å². The molecule has 0 spiro atoms. The Labute approximate surface area is 87.5 Å². The largest absolute Gasteiger partial charge is 0.388 e. The molecule has 1 rings (SSSR count). The molecule has 0 aromatic carbocycles. The molecule has 1 aromatic heterocycles. The van der Waals surface area contributed by atoms with Gasteiger partial charge in [0.15, 0.2) is 0 Å². The summed E-state index contributed by atoms with van der Waals surface area (Å²) in [5.41, 5.74) is 2.25. The fourth-order valence-electron chi connectivity index (χ4n) is 0.692. The van der Waals surface area contributed by atoms with E-state index in [9.17, 15) is 13.2 Å². The molecule has 5 heteroatoms. The monoisotopic (exact) mass is 220 g/mol. The predicted octanol–water partition coefficient (Wildman–Crippen LogP) is 3.39. The first-order chi connectivity index (χ1) is 6.89. The average molecular weight is 220 g/mol. The SMILES string of the molecule is CCC(F)(F)F.CNc1cncc(C)c1. The second-order valence-electron chi connectivity index (χ2n) is 2.97. The number of hydrogen-bond donors (Lipinski definition) is 1. The number of aromatic nitrogens is 1. The molecule has 0 saturated heterocycles. The van der Waals surface area contributed by atoms with Crippen molar-refractivity contribution in [3.8, 4) is 0 Å². The first kappa shape index (κ1) is 13.7. The maximum atomic E-state index is 10.8. The van der Waals surface area contributed by atoms with Gasteiger partial charge in [-0.25, -0.2) is 0 Å². The van der Waals surface area contributed by atoms with Gasteiger partial charge in [0, 0.05) is 25.9 Å². The van der Waals surface area contributed by atoms with E-state index in [1.165, 1.54) is 5.56 Å². The number of halogens is 3. The number of hydrogen-bond acceptors (Lipinski definition) is 2. The molecule has 1 heterocycles. The van der Waals surface area contributed by atoms with Gasteiger partial charge in [-0.15, -0.1) is 0 Å². The lowest BCUT2D eigenvalue weighted by Crippen LogP contribution is -2.02. The van der Waals surface area contributed by atoms with E-state index in [4.69, 9.17) is 0 Å². The molecule has 0 fully saturated rings. The highest BCUT2D eigenvalue weighted by molar-refractivity contribution is 5.41. The summed E-state index contributed by atoms with van der Waals surface area (Å²) in [5, 5.41) is 3.01. The number of anilines is 1. The van der Waals surface area contributed by atoms with Gasteiger partial charge in [-0.1, -0.05) is 6.92 Å². The second-order valence-corrected chi connectivity index (χ2v) is 2.97. The molecule has 1 aromatic rings. The van der Waals surface area contributed by atoms with Crippen LogP contribution in [-0.4, -0.2) is 18.2 Å². The van der Waals surface area contributed by atoms with Gasteiger partial charge in [-0.3, -0.25) is 4.98 Å². The van der Waals surface area contributed by atoms with Gasteiger partial charge in [-0.2, -0.15) is 13.2 Å². The summed E-state index contributed by atoms with van der Waals surface area (Å²) >= 11 is 0. The summed E-state index contributed by atoms with van der Waals surface area (Å²) in [6.07, 6.45) is -1.05. The Balaban J connectivity index is 0.000000288. The summed E-state index contributed by atoms with van der Waals surface area (Å²) in [7, 11) is 1.89. The highest BCUT2D eigenvalue weighted by Gasteiger charge is 2.22. The van der Waals surface area contributed by atoms with Crippen LogP contribution in [0.1, 0.15) is 18.9 Å². The summed E-state index contributed by atoms with van der Waals surface area (Å²) in [5.74, 6) is 0. The highest BCUT2D eigenvalue weighted by Crippen LogP contribution is 2.17. The Morgan fingerprint density at radius 3 is 2.13 bits per heavy atom. The summed E-state index contributed by atoms with van der Waals surface area (Å²) in [4.78, 5) is 3.99. The smallest absolute Gasteiger partial charge is 0.387 e. The average Bonchev–Trinajstić information content (AvgIpc) is 2.18. The van der Waals surface area contributed by atoms with Crippen LogP contribution in [-0.2, 0) is 0 Å². The minimum Gasteiger partial charge on any atom is -0.387 e. The number of nitrogens with zero attached hydrogens (tertiary/aromatic N) is 1. The van der Waals surface area contributed by atoms with E-state index < -0.39 is 12.6 Å². The molecule has 0 saturated carbocycles. The van der Waals surface area contributed by atoms with Crippen molar-refractivity contribution in [1.82, 2.24) is 4.98 Å². The van der Waals surface area contributed by atoms with Gasteiger partial charge in [0.25, 0.3) is 0 Å². The molecule has 0 aliphatic heterocycles. The van der Waals surface area contributed by atoms with Gasteiger partial charge in [0.1, 0.15) is 0 Å². The molecule has 1 N–H and O–H groups in total. The Morgan fingerprint density at radius 1 is 1.33 bits per heavy atom. The van der Waals surface area contributed by atoms with Crippen LogP contribution in [0, 0.1) is 6.92 Å². The number of pyridine rings is 1. The predicted molar refractivity (Wildman–Crippen MR) is 54.9 cm³/mol. The van der Waals surface area contributed by atoms with Crippen LogP contribution in [0.3, 0.4) is 0 Å². The minimum absolute atomic E-state index is 0.729. The first-order valence-corrected chi connectivity index (χ1v) is 4.55. The van der Waals surface area contributed by atoms with E-state index in [2.05, 4.69) is 10.3 Å². The Hall–Kier alpha value is -1.26. The topological polar surface area (TPSA) is 24.9 Å². The molecule has 0 bridgehead atoms. The standard InChI is InChI=1S/C7H10N2.C3H5F3/c1-6-3-7(8-2)5-9-4-6;1-2-3(4,5)6/h3-5,8H,1-2H3;2H2,1H3. The number of alkyl halides is 3. The van der Waals surface area contributed by atoms with Crippen molar-refractivity contribution in [3.63, 3.8) is 0 Å². The summed E-state index contributed by atoms with van der Waals surface area (Å²) in [6, 6.07) is 2.05. The third-order valence-electron chi connectivity index (χ3n) is 1.56. The normalized spacial score (nSPS) is 10.3. The Bertz CT molecular complexity index is 284. The minimum atomic E-state index is -3.96. The van der Waals surface area contributed by atoms with Crippen molar-refractivity contribution in [2.45, 2.75) is 26.4 Å². The Morgan fingerprint density at radius 2 is 1.87 bits per heavy atom. The van der Waals surface area contributed by atoms with E-state index in [0.29, 0.717) is 0 Å². The first-order valence-electron chi connectivity index (χ1n) is 4.55. The zero-order valence-corrected chi connectivity index (χ0v) is 9.02. The third-order valence-corrected chi connectivity index (χ3v) is 1.56. The van der Waals surface area contributed by atoms with Gasteiger partial charge in [-0.05, 0) is 18.6 Å². The fourth-order valence-corrected chi connectivity index (χ4v) is 0.692. The fraction of sp³-hybridized carbons (Fsp3) is 0.500. The van der Waals surface area contributed by atoms with Crippen LogP contribution >= 0.6 is 0 Å². The van der Waals surface area contributed by atoms with Crippen molar-refractivity contribution >= 4 is 5.69 Å². The molecule has 0 aliphatic rings. The quantitative estimate of drug-likeness (QED) is 0.784. The van der Waals surface area contributed by atoms with Crippen LogP contribution < -0.4 is 5.32 Å². The molecule has 0 aliphatic carbocycles. The maximum absolute atomic E-state index is 10.8. The number of aryl methyl sites for hydroxylation is 1.